The molecule has 0 fully saturated rings. The lowest BCUT2D eigenvalue weighted by atomic mass is 10.5. The van der Waals surface area contributed by atoms with Crippen LogP contribution in [-0.4, -0.2) is 70.5 Å². The van der Waals surface area contributed by atoms with E-state index in [-0.39, 0.29) is 12.4 Å². The van der Waals surface area contributed by atoms with Crippen molar-refractivity contribution in [2.45, 2.75) is 13.2 Å². The van der Waals surface area contributed by atoms with Gasteiger partial charge >= 0.3 is 5.97 Å². The highest BCUT2D eigenvalue weighted by atomic mass is 16.4. The number of carboxylic acid groups (broad SMARTS) is 1. The van der Waals surface area contributed by atoms with E-state index in [1.54, 1.807) is 0 Å². The minimum Gasteiger partial charge on any atom is -0.480 e. The Morgan fingerprint density at radius 3 is 2.28 bits per heavy atom. The molecule has 0 aliphatic heterocycles. The maximum Gasteiger partial charge on any atom is 0.325 e. The van der Waals surface area contributed by atoms with Crippen LogP contribution in [-0.2, 0) is 18.0 Å². The quantitative estimate of drug-likeness (QED) is 0.638. The van der Waals surface area contributed by atoms with E-state index in [2.05, 4.69) is 31.1 Å². The number of hydrogen-bond acceptors (Lipinski definition) is 8. The minimum atomic E-state index is -1.05. The lowest BCUT2D eigenvalue weighted by molar-refractivity contribution is -0.137. The van der Waals surface area contributed by atoms with E-state index in [0.29, 0.717) is 12.5 Å². The summed E-state index contributed by atoms with van der Waals surface area (Å²) in [5, 5.41) is 30.6. The third kappa shape index (κ3) is 2.45. The SMILES string of the molecule is CN(C)Cn1nnnc1-c1nnnn1CC(=O)O. The smallest absolute Gasteiger partial charge is 0.325 e. The molecule has 11 heteroatoms. The fourth-order valence-corrected chi connectivity index (χ4v) is 1.33. The number of aliphatic carboxylic acids is 1. The molecule has 0 unspecified atom stereocenters. The number of rotatable bonds is 5. The van der Waals surface area contributed by atoms with Crippen molar-refractivity contribution < 1.29 is 9.90 Å². The molecule has 0 aromatic carbocycles. The minimum absolute atomic E-state index is 0.212. The molecular weight excluding hydrogens is 242 g/mol. The average Bonchev–Trinajstić information content (AvgIpc) is 2.85. The average molecular weight is 253 g/mol. The summed E-state index contributed by atoms with van der Waals surface area (Å²) in [4.78, 5) is 12.5. The molecule has 2 aromatic heterocycles. The van der Waals surface area contributed by atoms with Crippen LogP contribution in [0.5, 0.6) is 0 Å². The van der Waals surface area contributed by atoms with E-state index >= 15 is 0 Å². The van der Waals surface area contributed by atoms with Crippen molar-refractivity contribution in [2.24, 2.45) is 0 Å². The number of carboxylic acids is 1. The van der Waals surface area contributed by atoms with E-state index in [9.17, 15) is 4.79 Å². The van der Waals surface area contributed by atoms with E-state index < -0.39 is 5.97 Å². The third-order valence-electron chi connectivity index (χ3n) is 1.97. The third-order valence-corrected chi connectivity index (χ3v) is 1.97. The number of hydrogen-bond donors (Lipinski definition) is 1. The Labute approximate surface area is 101 Å². The first kappa shape index (κ1) is 12.0. The molecule has 0 saturated carbocycles. The Bertz CT molecular complexity index is 545. The first-order valence-electron chi connectivity index (χ1n) is 4.97. The molecule has 0 amide bonds. The van der Waals surface area contributed by atoms with E-state index in [1.807, 2.05) is 19.0 Å². The number of aromatic nitrogens is 8. The topological polar surface area (TPSA) is 128 Å². The lowest BCUT2D eigenvalue weighted by Gasteiger charge is -2.09. The van der Waals surface area contributed by atoms with E-state index in [0.717, 1.165) is 4.68 Å². The molecule has 18 heavy (non-hydrogen) atoms. The van der Waals surface area contributed by atoms with Gasteiger partial charge in [0.1, 0.15) is 6.54 Å². The summed E-state index contributed by atoms with van der Waals surface area (Å²) in [7, 11) is 3.71. The van der Waals surface area contributed by atoms with Gasteiger partial charge in [-0.1, -0.05) is 0 Å². The zero-order valence-electron chi connectivity index (χ0n) is 9.79. The predicted octanol–water partition coefficient (Wildman–Crippen LogP) is -2.07. The van der Waals surface area contributed by atoms with Crippen LogP contribution in [0.4, 0.5) is 0 Å². The molecule has 2 rings (SSSR count). The summed E-state index contributed by atoms with van der Waals surface area (Å²) in [5.74, 6) is -0.519. The van der Waals surface area contributed by atoms with Crippen LogP contribution in [0.2, 0.25) is 0 Å². The van der Waals surface area contributed by atoms with Crippen molar-refractivity contribution in [3.05, 3.63) is 0 Å². The van der Waals surface area contributed by atoms with Crippen LogP contribution < -0.4 is 0 Å². The summed E-state index contributed by atoms with van der Waals surface area (Å²) in [6, 6.07) is 0. The Hall–Kier alpha value is -2.43. The highest BCUT2D eigenvalue weighted by molar-refractivity contribution is 5.67. The van der Waals surface area contributed by atoms with Gasteiger partial charge < -0.3 is 5.11 Å². The highest BCUT2D eigenvalue weighted by Crippen LogP contribution is 2.10. The highest BCUT2D eigenvalue weighted by Gasteiger charge is 2.18. The zero-order valence-corrected chi connectivity index (χ0v) is 9.79. The van der Waals surface area contributed by atoms with Gasteiger partial charge in [0.15, 0.2) is 0 Å². The van der Waals surface area contributed by atoms with Crippen molar-refractivity contribution in [3.63, 3.8) is 0 Å². The largest absolute Gasteiger partial charge is 0.480 e. The van der Waals surface area contributed by atoms with Gasteiger partial charge in [0.05, 0.1) is 6.67 Å². The van der Waals surface area contributed by atoms with Crippen LogP contribution in [0.1, 0.15) is 0 Å². The van der Waals surface area contributed by atoms with Gasteiger partial charge in [0.2, 0.25) is 11.6 Å². The molecule has 0 saturated heterocycles. The summed E-state index contributed by atoms with van der Waals surface area (Å²) in [6.45, 7) is 0.0828. The van der Waals surface area contributed by atoms with Crippen molar-refractivity contribution in [3.8, 4) is 11.6 Å². The second-order valence-corrected chi connectivity index (χ2v) is 3.78. The maximum atomic E-state index is 10.7. The zero-order chi connectivity index (χ0) is 13.1. The van der Waals surface area contributed by atoms with Gasteiger partial charge in [-0.25, -0.2) is 9.36 Å². The van der Waals surface area contributed by atoms with Crippen LogP contribution in [0.25, 0.3) is 11.6 Å². The fourth-order valence-electron chi connectivity index (χ4n) is 1.33. The summed E-state index contributed by atoms with van der Waals surface area (Å²) < 4.78 is 2.60. The first-order valence-corrected chi connectivity index (χ1v) is 4.97. The summed E-state index contributed by atoms with van der Waals surface area (Å²) in [6.07, 6.45) is 0. The maximum absolute atomic E-state index is 10.7. The Morgan fingerprint density at radius 1 is 1.17 bits per heavy atom. The van der Waals surface area contributed by atoms with Crippen LogP contribution >= 0.6 is 0 Å². The van der Waals surface area contributed by atoms with Crippen molar-refractivity contribution in [1.29, 1.82) is 0 Å². The Balaban J connectivity index is 2.34. The van der Waals surface area contributed by atoms with Crippen molar-refractivity contribution in [1.82, 2.24) is 45.3 Å². The van der Waals surface area contributed by atoms with Gasteiger partial charge in [-0.15, -0.1) is 10.2 Å². The van der Waals surface area contributed by atoms with Gasteiger partial charge in [0, 0.05) is 0 Å². The molecule has 0 radical (unpaired) electrons. The van der Waals surface area contributed by atoms with Gasteiger partial charge in [-0.05, 0) is 34.9 Å². The Kier molecular flexibility index (Phi) is 3.23. The molecule has 0 bridgehead atoms. The first-order chi connectivity index (χ1) is 8.58. The summed E-state index contributed by atoms with van der Waals surface area (Å²) >= 11 is 0. The predicted molar refractivity (Wildman–Crippen MR) is 56.0 cm³/mol. The lowest BCUT2D eigenvalue weighted by Crippen LogP contribution is -2.20. The summed E-state index contributed by atoms with van der Waals surface area (Å²) in [5.41, 5.74) is 0. The monoisotopic (exact) mass is 253 g/mol. The fraction of sp³-hybridized carbons (Fsp3) is 0.571. The van der Waals surface area contributed by atoms with Gasteiger partial charge in [-0.2, -0.15) is 0 Å². The van der Waals surface area contributed by atoms with Crippen LogP contribution in [0.3, 0.4) is 0 Å². The normalized spacial score (nSPS) is 11.1. The molecule has 0 atom stereocenters. The van der Waals surface area contributed by atoms with E-state index in [4.69, 9.17) is 5.11 Å². The van der Waals surface area contributed by atoms with Crippen molar-refractivity contribution >= 4 is 5.97 Å². The standard InChI is InChI=1S/C7H11N9O2/c1-14(2)4-16-7(9-11-13-16)6-8-10-12-15(6)3-5(17)18/h3-4H2,1-2H3,(H,17,18). The second-order valence-electron chi connectivity index (χ2n) is 3.78. The molecular formula is C7H11N9O2. The van der Waals surface area contributed by atoms with Crippen LogP contribution in [0, 0.1) is 0 Å². The van der Waals surface area contributed by atoms with E-state index in [1.165, 1.54) is 4.68 Å². The van der Waals surface area contributed by atoms with Gasteiger partial charge in [0.25, 0.3) is 0 Å². The Morgan fingerprint density at radius 2 is 1.72 bits per heavy atom. The second kappa shape index (κ2) is 4.83. The number of carbonyl (C=O) groups is 1. The molecule has 96 valence electrons. The van der Waals surface area contributed by atoms with Gasteiger partial charge in [-0.3, -0.25) is 9.69 Å². The molecule has 1 N–H and O–H groups in total. The number of nitrogens with zero attached hydrogens (tertiary/aromatic N) is 9. The van der Waals surface area contributed by atoms with Crippen LogP contribution in [0.15, 0.2) is 0 Å². The molecule has 2 aromatic rings. The van der Waals surface area contributed by atoms with Crippen molar-refractivity contribution in [2.75, 3.05) is 14.1 Å². The molecule has 0 aliphatic rings. The molecule has 0 spiro atoms. The number of tetrazole rings is 2. The molecule has 2 heterocycles. The molecule has 0 aliphatic carbocycles. The molecule has 11 nitrogen and oxygen atoms in total.